The SMILES string of the molecule is CCC1CCCCN1CCNC(=NC)NCc1ccc(C(N)=O)cc1.I. The van der Waals surface area contributed by atoms with E-state index in [1.54, 1.807) is 19.2 Å². The number of rotatable bonds is 7. The summed E-state index contributed by atoms with van der Waals surface area (Å²) in [5.41, 5.74) is 6.86. The first-order chi connectivity index (χ1) is 12.1. The highest BCUT2D eigenvalue weighted by molar-refractivity contribution is 14.0. The van der Waals surface area contributed by atoms with Gasteiger partial charge >= 0.3 is 0 Å². The highest BCUT2D eigenvalue weighted by Gasteiger charge is 2.19. The van der Waals surface area contributed by atoms with Crippen LogP contribution in [0.2, 0.25) is 0 Å². The summed E-state index contributed by atoms with van der Waals surface area (Å²) in [4.78, 5) is 18.0. The van der Waals surface area contributed by atoms with E-state index in [0.29, 0.717) is 12.1 Å². The number of nitrogens with zero attached hydrogens (tertiary/aromatic N) is 2. The lowest BCUT2D eigenvalue weighted by molar-refractivity contribution is 0.100. The number of hydrogen-bond donors (Lipinski definition) is 3. The van der Waals surface area contributed by atoms with E-state index in [9.17, 15) is 4.79 Å². The van der Waals surface area contributed by atoms with E-state index in [1.165, 1.54) is 32.2 Å². The molecule has 0 aliphatic carbocycles. The fraction of sp³-hybridized carbons (Fsp3) is 0.579. The van der Waals surface area contributed by atoms with Crippen molar-refractivity contribution < 1.29 is 4.79 Å². The van der Waals surface area contributed by atoms with Gasteiger partial charge in [-0.15, -0.1) is 24.0 Å². The average molecular weight is 473 g/mol. The molecule has 1 fully saturated rings. The van der Waals surface area contributed by atoms with Crippen LogP contribution in [0.5, 0.6) is 0 Å². The zero-order valence-corrected chi connectivity index (χ0v) is 18.2. The molecular formula is C19H32IN5O. The van der Waals surface area contributed by atoms with Crippen LogP contribution in [-0.2, 0) is 6.54 Å². The molecule has 1 unspecified atom stereocenters. The summed E-state index contributed by atoms with van der Waals surface area (Å²) in [6.45, 7) is 6.07. The van der Waals surface area contributed by atoms with Crippen LogP contribution < -0.4 is 16.4 Å². The maximum atomic E-state index is 11.1. The number of hydrogen-bond acceptors (Lipinski definition) is 3. The third kappa shape index (κ3) is 7.11. The Kier molecular flexibility index (Phi) is 10.6. The Labute approximate surface area is 174 Å². The van der Waals surface area contributed by atoms with Crippen molar-refractivity contribution >= 4 is 35.8 Å². The summed E-state index contributed by atoms with van der Waals surface area (Å²) in [5, 5.41) is 6.69. The fourth-order valence-electron chi connectivity index (χ4n) is 3.33. The van der Waals surface area contributed by atoms with Crippen LogP contribution in [0, 0.1) is 0 Å². The number of carbonyl (C=O) groups is 1. The standard InChI is InChI=1S/C19H31N5O.HI/c1-3-17-6-4-5-12-24(17)13-11-22-19(21-2)23-14-15-7-9-16(10-8-15)18(20)25;/h7-10,17H,3-6,11-14H2,1-2H3,(H2,20,25)(H2,21,22,23);1H. The zero-order chi connectivity index (χ0) is 18.1. The van der Waals surface area contributed by atoms with E-state index in [-0.39, 0.29) is 24.0 Å². The highest BCUT2D eigenvalue weighted by Crippen LogP contribution is 2.18. The van der Waals surface area contributed by atoms with Gasteiger partial charge in [-0.3, -0.25) is 14.7 Å². The molecule has 4 N–H and O–H groups in total. The summed E-state index contributed by atoms with van der Waals surface area (Å²) in [6.07, 6.45) is 5.23. The molecule has 0 bridgehead atoms. The third-order valence-corrected chi connectivity index (χ3v) is 4.83. The zero-order valence-electron chi connectivity index (χ0n) is 15.8. The van der Waals surface area contributed by atoms with Gasteiger partial charge in [0.2, 0.25) is 5.91 Å². The number of primary amides is 1. The maximum absolute atomic E-state index is 11.1. The number of nitrogens with one attached hydrogen (secondary N) is 2. The van der Waals surface area contributed by atoms with Crippen LogP contribution in [0.25, 0.3) is 0 Å². The Bertz CT molecular complexity index is 576. The van der Waals surface area contributed by atoms with Crippen molar-refractivity contribution in [3.63, 3.8) is 0 Å². The molecule has 7 heteroatoms. The van der Waals surface area contributed by atoms with Crippen LogP contribution in [0.4, 0.5) is 0 Å². The predicted octanol–water partition coefficient (Wildman–Crippen LogP) is 2.33. The average Bonchev–Trinajstić information content (AvgIpc) is 2.65. The third-order valence-electron chi connectivity index (χ3n) is 4.83. The van der Waals surface area contributed by atoms with Crippen molar-refractivity contribution in [2.45, 2.75) is 45.2 Å². The minimum Gasteiger partial charge on any atom is -0.366 e. The Hall–Kier alpha value is -1.35. The molecule has 6 nitrogen and oxygen atoms in total. The molecule has 2 rings (SSSR count). The van der Waals surface area contributed by atoms with E-state index >= 15 is 0 Å². The molecule has 0 aromatic heterocycles. The number of likely N-dealkylation sites (tertiary alicyclic amines) is 1. The van der Waals surface area contributed by atoms with Gasteiger partial charge in [-0.1, -0.05) is 25.5 Å². The Morgan fingerprint density at radius 3 is 2.62 bits per heavy atom. The number of amides is 1. The van der Waals surface area contributed by atoms with Crippen molar-refractivity contribution in [1.29, 1.82) is 0 Å². The van der Waals surface area contributed by atoms with Gasteiger partial charge < -0.3 is 16.4 Å². The fourth-order valence-corrected chi connectivity index (χ4v) is 3.33. The van der Waals surface area contributed by atoms with Crippen LogP contribution >= 0.6 is 24.0 Å². The Morgan fingerprint density at radius 1 is 1.27 bits per heavy atom. The van der Waals surface area contributed by atoms with E-state index in [0.717, 1.165) is 30.7 Å². The van der Waals surface area contributed by atoms with Crippen LogP contribution in [0.1, 0.15) is 48.5 Å². The number of guanidine groups is 1. The first-order valence-corrected chi connectivity index (χ1v) is 9.21. The number of piperidine rings is 1. The van der Waals surface area contributed by atoms with E-state index in [2.05, 4.69) is 27.4 Å². The van der Waals surface area contributed by atoms with E-state index in [1.807, 2.05) is 12.1 Å². The molecular weight excluding hydrogens is 441 g/mol. The topological polar surface area (TPSA) is 82.8 Å². The highest BCUT2D eigenvalue weighted by atomic mass is 127. The van der Waals surface area contributed by atoms with E-state index in [4.69, 9.17) is 5.73 Å². The smallest absolute Gasteiger partial charge is 0.248 e. The predicted molar refractivity (Wildman–Crippen MR) is 118 cm³/mol. The molecule has 1 aliphatic rings. The molecule has 1 aromatic carbocycles. The number of carbonyl (C=O) groups excluding carboxylic acids is 1. The quantitative estimate of drug-likeness (QED) is 0.323. The molecule has 1 atom stereocenters. The first kappa shape index (κ1) is 22.7. The number of halogens is 1. The monoisotopic (exact) mass is 473 g/mol. The lowest BCUT2D eigenvalue weighted by Gasteiger charge is -2.35. The lowest BCUT2D eigenvalue weighted by atomic mass is 10.0. The van der Waals surface area contributed by atoms with Gasteiger partial charge in [-0.25, -0.2) is 0 Å². The van der Waals surface area contributed by atoms with Gasteiger partial charge in [0.15, 0.2) is 5.96 Å². The summed E-state index contributed by atoms with van der Waals surface area (Å²) >= 11 is 0. The molecule has 1 aliphatic heterocycles. The van der Waals surface area contributed by atoms with Crippen molar-refractivity contribution in [2.75, 3.05) is 26.7 Å². The normalized spacial score (nSPS) is 18.1. The molecule has 1 aromatic rings. The molecule has 0 saturated carbocycles. The van der Waals surface area contributed by atoms with Crippen molar-refractivity contribution in [3.8, 4) is 0 Å². The van der Waals surface area contributed by atoms with Gasteiger partial charge in [0.05, 0.1) is 0 Å². The van der Waals surface area contributed by atoms with Gasteiger partial charge in [0.25, 0.3) is 0 Å². The van der Waals surface area contributed by atoms with Gasteiger partial charge in [-0.05, 0) is 43.5 Å². The second-order valence-corrected chi connectivity index (χ2v) is 6.51. The van der Waals surface area contributed by atoms with Gasteiger partial charge in [0, 0.05) is 38.3 Å². The Morgan fingerprint density at radius 2 is 2.00 bits per heavy atom. The van der Waals surface area contributed by atoms with Crippen molar-refractivity contribution in [1.82, 2.24) is 15.5 Å². The maximum Gasteiger partial charge on any atom is 0.248 e. The molecule has 0 radical (unpaired) electrons. The molecule has 0 spiro atoms. The van der Waals surface area contributed by atoms with Crippen molar-refractivity contribution in [3.05, 3.63) is 35.4 Å². The van der Waals surface area contributed by atoms with Gasteiger partial charge in [-0.2, -0.15) is 0 Å². The first-order valence-electron chi connectivity index (χ1n) is 9.21. The molecule has 26 heavy (non-hydrogen) atoms. The molecule has 1 saturated heterocycles. The van der Waals surface area contributed by atoms with Crippen LogP contribution in [0.3, 0.4) is 0 Å². The number of benzene rings is 1. The molecule has 1 heterocycles. The second kappa shape index (κ2) is 12.1. The Balaban J connectivity index is 0.00000338. The molecule has 1 amide bonds. The van der Waals surface area contributed by atoms with Crippen molar-refractivity contribution in [2.24, 2.45) is 10.7 Å². The van der Waals surface area contributed by atoms with Gasteiger partial charge in [0.1, 0.15) is 0 Å². The summed E-state index contributed by atoms with van der Waals surface area (Å²) in [5.74, 6) is 0.393. The number of aliphatic imine (C=N–C) groups is 1. The summed E-state index contributed by atoms with van der Waals surface area (Å²) < 4.78 is 0. The minimum absolute atomic E-state index is 0. The van der Waals surface area contributed by atoms with E-state index < -0.39 is 5.91 Å². The minimum atomic E-state index is -0.403. The van der Waals surface area contributed by atoms with Crippen LogP contribution in [0.15, 0.2) is 29.3 Å². The largest absolute Gasteiger partial charge is 0.366 e. The summed E-state index contributed by atoms with van der Waals surface area (Å²) in [7, 11) is 1.78. The van der Waals surface area contributed by atoms with Crippen LogP contribution in [-0.4, -0.2) is 49.5 Å². The second-order valence-electron chi connectivity index (χ2n) is 6.51. The molecule has 146 valence electrons. The number of nitrogens with two attached hydrogens (primary N) is 1. The summed E-state index contributed by atoms with van der Waals surface area (Å²) in [6, 6.07) is 8.03. The lowest BCUT2D eigenvalue weighted by Crippen LogP contribution is -2.45.